The number of hydrogen-bond acceptors (Lipinski definition) is 3. The molecule has 0 fully saturated rings. The lowest BCUT2D eigenvalue weighted by Crippen LogP contribution is -2.21. The third-order valence-corrected chi connectivity index (χ3v) is 5.91. The number of hydrogen-bond donors (Lipinski definition) is 3. The minimum Gasteiger partial charge on any atom is -0.461 e. The molecule has 0 saturated heterocycles. The van der Waals surface area contributed by atoms with Crippen molar-refractivity contribution >= 4 is 49.8 Å². The van der Waals surface area contributed by atoms with Crippen molar-refractivity contribution in [2.75, 3.05) is 0 Å². The van der Waals surface area contributed by atoms with Gasteiger partial charge in [0.25, 0.3) is 5.56 Å². The lowest BCUT2D eigenvalue weighted by atomic mass is 10.0. The van der Waals surface area contributed by atoms with Crippen LogP contribution in [0.1, 0.15) is 11.3 Å². The molecule has 0 aliphatic heterocycles. The molecule has 6 nitrogen and oxygen atoms in total. The van der Waals surface area contributed by atoms with E-state index in [-0.39, 0.29) is 0 Å². The molecular formula is C25H17N3O3. The molecule has 0 amide bonds. The molecule has 0 aliphatic carbocycles. The molecule has 3 aromatic heterocycles. The smallest absolute Gasteiger partial charge is 0.326 e. The quantitative estimate of drug-likeness (QED) is 0.367. The average Bonchev–Trinajstić information content (AvgIpc) is 3.26. The molecule has 3 aromatic carbocycles. The fourth-order valence-electron chi connectivity index (χ4n) is 4.41. The second-order valence-corrected chi connectivity index (χ2v) is 7.72. The number of rotatable bonds is 2. The van der Waals surface area contributed by atoms with Gasteiger partial charge in [-0.25, -0.2) is 4.79 Å². The van der Waals surface area contributed by atoms with Crippen LogP contribution in [0.4, 0.5) is 0 Å². The van der Waals surface area contributed by atoms with E-state index in [1.165, 1.54) is 0 Å². The van der Waals surface area contributed by atoms with Crippen LogP contribution in [0.25, 0.3) is 60.9 Å². The van der Waals surface area contributed by atoms with Gasteiger partial charge < -0.3 is 14.4 Å². The van der Waals surface area contributed by atoms with Gasteiger partial charge in [-0.15, -0.1) is 0 Å². The fourth-order valence-corrected chi connectivity index (χ4v) is 4.41. The Labute approximate surface area is 174 Å². The second-order valence-electron chi connectivity index (χ2n) is 7.72. The van der Waals surface area contributed by atoms with Gasteiger partial charge in [0.05, 0.1) is 10.9 Å². The number of fused-ring (bicyclic) bond motifs is 5. The Kier molecular flexibility index (Phi) is 3.44. The first-order valence-corrected chi connectivity index (χ1v) is 9.89. The summed E-state index contributed by atoms with van der Waals surface area (Å²) in [5.74, 6) is 0.849. The third-order valence-electron chi connectivity index (χ3n) is 5.91. The highest BCUT2D eigenvalue weighted by atomic mass is 16.3. The van der Waals surface area contributed by atoms with Crippen molar-refractivity contribution in [3.8, 4) is 11.1 Å². The minimum absolute atomic E-state index is 0.401. The van der Waals surface area contributed by atoms with E-state index in [1.807, 2.05) is 31.2 Å². The van der Waals surface area contributed by atoms with Crippen molar-refractivity contribution in [2.24, 2.45) is 0 Å². The topological polar surface area (TPSA) is 94.7 Å². The summed E-state index contributed by atoms with van der Waals surface area (Å²) < 4.78 is 5.95. The molecule has 0 saturated carbocycles. The molecule has 6 heteroatoms. The molecule has 0 bridgehead atoms. The zero-order chi connectivity index (χ0) is 21.3. The molecule has 0 radical (unpaired) electrons. The first-order chi connectivity index (χ1) is 15.0. The maximum absolute atomic E-state index is 12.2. The molecule has 6 rings (SSSR count). The van der Waals surface area contributed by atoms with E-state index in [0.717, 1.165) is 55.2 Å². The summed E-state index contributed by atoms with van der Waals surface area (Å²) in [4.78, 5) is 32.1. The SMILES string of the molecule is C=Cc1c(C)oc2cc3c(cc12)[nH]c1ccc(-c2ccc4[nH]c(=O)[nH]c(=O)c4c2)cc13. The highest BCUT2D eigenvalue weighted by Crippen LogP contribution is 2.35. The van der Waals surface area contributed by atoms with Gasteiger partial charge in [-0.2, -0.15) is 0 Å². The molecule has 150 valence electrons. The Bertz CT molecular complexity index is 1810. The number of aryl methyl sites for hydroxylation is 1. The minimum atomic E-state index is -0.510. The van der Waals surface area contributed by atoms with Gasteiger partial charge in [-0.3, -0.25) is 9.78 Å². The standard InChI is InChI=1S/C25H17N3O3/c1-3-15-12(2)31-23-11-17-16-8-13(4-6-20(16)26-22(17)10-18(15)23)14-5-7-21-19(9-14)24(29)28-25(30)27-21/h3-11,26H,1H2,2H3,(H2,27,28,29,30). The molecule has 0 atom stereocenters. The van der Waals surface area contributed by atoms with Crippen LogP contribution in [0.2, 0.25) is 0 Å². The molecule has 31 heavy (non-hydrogen) atoms. The molecule has 0 aliphatic rings. The Hall–Kier alpha value is -4.32. The number of H-pyrrole nitrogens is 3. The molecular weight excluding hydrogens is 390 g/mol. The van der Waals surface area contributed by atoms with Crippen LogP contribution in [0, 0.1) is 6.92 Å². The summed E-state index contributed by atoms with van der Waals surface area (Å²) in [6.07, 6.45) is 1.82. The van der Waals surface area contributed by atoms with E-state index < -0.39 is 11.2 Å². The molecule has 6 aromatic rings. The highest BCUT2D eigenvalue weighted by Gasteiger charge is 2.13. The predicted molar refractivity (Wildman–Crippen MR) is 125 cm³/mol. The lowest BCUT2D eigenvalue weighted by molar-refractivity contribution is 0.578. The van der Waals surface area contributed by atoms with Crippen LogP contribution in [0.5, 0.6) is 0 Å². The van der Waals surface area contributed by atoms with Crippen LogP contribution in [-0.4, -0.2) is 15.0 Å². The zero-order valence-corrected chi connectivity index (χ0v) is 16.6. The van der Waals surface area contributed by atoms with Gasteiger partial charge in [-0.05, 0) is 54.4 Å². The molecule has 0 unspecified atom stereocenters. The Morgan fingerprint density at radius 3 is 2.19 bits per heavy atom. The molecule has 3 N–H and O–H groups in total. The second kappa shape index (κ2) is 6.09. The van der Waals surface area contributed by atoms with Crippen molar-refractivity contribution in [2.45, 2.75) is 6.92 Å². The normalized spacial score (nSPS) is 11.8. The Morgan fingerprint density at radius 2 is 1.45 bits per heavy atom. The number of furan rings is 1. The number of aromatic nitrogens is 3. The fraction of sp³-hybridized carbons (Fsp3) is 0.0400. The van der Waals surface area contributed by atoms with Crippen molar-refractivity contribution in [1.82, 2.24) is 15.0 Å². The molecule has 0 spiro atoms. The van der Waals surface area contributed by atoms with Gasteiger partial charge >= 0.3 is 5.69 Å². The average molecular weight is 407 g/mol. The van der Waals surface area contributed by atoms with E-state index >= 15 is 0 Å². The van der Waals surface area contributed by atoms with Crippen molar-refractivity contribution in [1.29, 1.82) is 0 Å². The zero-order valence-electron chi connectivity index (χ0n) is 16.6. The summed E-state index contributed by atoms with van der Waals surface area (Å²) in [6.45, 7) is 5.84. The summed E-state index contributed by atoms with van der Waals surface area (Å²) in [5.41, 5.74) is 5.35. The molecule has 3 heterocycles. The van der Waals surface area contributed by atoms with Crippen LogP contribution < -0.4 is 11.2 Å². The van der Waals surface area contributed by atoms with Gasteiger partial charge in [0.1, 0.15) is 11.3 Å². The third kappa shape index (κ3) is 2.51. The van der Waals surface area contributed by atoms with E-state index in [4.69, 9.17) is 4.42 Å². The number of nitrogens with one attached hydrogen (secondary N) is 3. The lowest BCUT2D eigenvalue weighted by Gasteiger charge is -2.04. The van der Waals surface area contributed by atoms with E-state index in [1.54, 1.807) is 12.1 Å². The van der Waals surface area contributed by atoms with Crippen molar-refractivity contribution in [3.05, 3.63) is 87.3 Å². The first-order valence-electron chi connectivity index (χ1n) is 9.89. The maximum atomic E-state index is 12.2. The van der Waals surface area contributed by atoms with Crippen molar-refractivity contribution < 1.29 is 4.42 Å². The largest absolute Gasteiger partial charge is 0.461 e. The maximum Gasteiger partial charge on any atom is 0.326 e. The van der Waals surface area contributed by atoms with E-state index in [2.05, 4.69) is 39.7 Å². The monoisotopic (exact) mass is 407 g/mol. The van der Waals surface area contributed by atoms with E-state index in [0.29, 0.717) is 10.9 Å². The van der Waals surface area contributed by atoms with Gasteiger partial charge in [-0.1, -0.05) is 24.8 Å². The van der Waals surface area contributed by atoms with Crippen LogP contribution in [0.3, 0.4) is 0 Å². The van der Waals surface area contributed by atoms with E-state index in [9.17, 15) is 9.59 Å². The predicted octanol–water partition coefficient (Wildman–Crippen LogP) is 5.22. The van der Waals surface area contributed by atoms with Gasteiger partial charge in [0.2, 0.25) is 0 Å². The number of aromatic amines is 3. The van der Waals surface area contributed by atoms with Crippen LogP contribution >= 0.6 is 0 Å². The van der Waals surface area contributed by atoms with Crippen LogP contribution in [-0.2, 0) is 0 Å². The van der Waals surface area contributed by atoms with Gasteiger partial charge in [0.15, 0.2) is 0 Å². The van der Waals surface area contributed by atoms with Crippen molar-refractivity contribution in [3.63, 3.8) is 0 Å². The summed E-state index contributed by atoms with van der Waals surface area (Å²) in [6, 6.07) is 15.8. The summed E-state index contributed by atoms with van der Waals surface area (Å²) in [5, 5.41) is 3.62. The summed E-state index contributed by atoms with van der Waals surface area (Å²) >= 11 is 0. The Morgan fingerprint density at radius 1 is 0.774 bits per heavy atom. The first kappa shape index (κ1) is 17.5. The van der Waals surface area contributed by atoms with Crippen LogP contribution in [0.15, 0.2) is 69.1 Å². The van der Waals surface area contributed by atoms with Gasteiger partial charge in [0, 0.05) is 32.8 Å². The summed E-state index contributed by atoms with van der Waals surface area (Å²) in [7, 11) is 0. The highest BCUT2D eigenvalue weighted by molar-refractivity contribution is 6.13. The Balaban J connectivity index is 1.59. The number of benzene rings is 3.